The molecule has 29 heavy (non-hydrogen) atoms. The number of nitrogens with zero attached hydrogens (tertiary/aromatic N) is 1. The Balaban J connectivity index is 1.47. The number of benzene rings is 3. The van der Waals surface area contributed by atoms with Gasteiger partial charge in [0.2, 0.25) is 0 Å². The topological polar surface area (TPSA) is 21.6 Å². The zero-order valence-electron chi connectivity index (χ0n) is 17.0. The Morgan fingerprint density at radius 1 is 0.897 bits per heavy atom. The second kappa shape index (κ2) is 9.38. The lowest BCUT2D eigenvalue weighted by Gasteiger charge is -2.16. The van der Waals surface area contributed by atoms with Crippen LogP contribution in [0.4, 0.5) is 0 Å². The Kier molecular flexibility index (Phi) is 6.21. The number of allylic oxidation sites excluding steroid dienone is 1. The highest BCUT2D eigenvalue weighted by Crippen LogP contribution is 2.24. The van der Waals surface area contributed by atoms with Crippen LogP contribution in [-0.4, -0.2) is 18.9 Å². The zero-order valence-corrected chi connectivity index (χ0v) is 17.0. The van der Waals surface area contributed by atoms with Crippen molar-refractivity contribution < 1.29 is 4.74 Å². The van der Waals surface area contributed by atoms with Crippen molar-refractivity contribution in [1.29, 1.82) is 0 Å². The fraction of sp³-hybridized carbons (Fsp3) is 0.222. The molecule has 2 nitrogen and oxygen atoms in total. The van der Waals surface area contributed by atoms with Gasteiger partial charge < -0.3 is 4.74 Å². The van der Waals surface area contributed by atoms with Gasteiger partial charge in [0, 0.05) is 12.1 Å². The molecule has 0 saturated heterocycles. The van der Waals surface area contributed by atoms with Crippen molar-refractivity contribution >= 4 is 11.8 Å². The molecule has 0 bridgehead atoms. The van der Waals surface area contributed by atoms with E-state index < -0.39 is 0 Å². The second-order valence-electron chi connectivity index (χ2n) is 7.36. The molecule has 3 aromatic rings. The molecule has 0 atom stereocenters. The van der Waals surface area contributed by atoms with E-state index in [4.69, 9.17) is 9.73 Å². The lowest BCUT2D eigenvalue weighted by Crippen LogP contribution is -2.11. The van der Waals surface area contributed by atoms with Crippen LogP contribution in [0.15, 0.2) is 83.9 Å². The van der Waals surface area contributed by atoms with Gasteiger partial charge in [0.05, 0.1) is 12.3 Å². The van der Waals surface area contributed by atoms with Crippen molar-refractivity contribution in [3.05, 3.63) is 95.6 Å². The van der Waals surface area contributed by atoms with Crippen LogP contribution < -0.4 is 4.74 Å². The number of fused-ring (bicyclic) bond motifs is 1. The summed E-state index contributed by atoms with van der Waals surface area (Å²) in [6, 6.07) is 25.5. The smallest absolute Gasteiger partial charge is 0.119 e. The summed E-state index contributed by atoms with van der Waals surface area (Å²) in [6.45, 7) is 3.80. The molecular weight excluding hydrogens is 354 g/mol. The Morgan fingerprint density at radius 2 is 1.69 bits per heavy atom. The maximum atomic E-state index is 5.87. The van der Waals surface area contributed by atoms with E-state index in [-0.39, 0.29) is 0 Å². The SMILES string of the molecule is CCCCOc1ccc2c(c1)CCN=C2/C=C/c1ccc(-c2ccccc2)cc1. The maximum absolute atomic E-state index is 5.87. The van der Waals surface area contributed by atoms with Gasteiger partial charge in [-0.1, -0.05) is 74.0 Å². The molecule has 0 aliphatic carbocycles. The standard InChI is InChI=1S/C27H27NO/c1-2-3-19-29-25-14-15-26-24(20-25)17-18-28-27(26)16-11-21-9-12-23(13-10-21)22-7-5-4-6-8-22/h4-16,20H,2-3,17-19H2,1H3/b16-11+. The number of aliphatic imine (C=N–C) groups is 1. The molecule has 0 radical (unpaired) electrons. The summed E-state index contributed by atoms with van der Waals surface area (Å²) in [5.41, 5.74) is 7.26. The van der Waals surface area contributed by atoms with Crippen LogP contribution in [0.2, 0.25) is 0 Å². The molecule has 0 saturated carbocycles. The lowest BCUT2D eigenvalue weighted by molar-refractivity contribution is 0.309. The summed E-state index contributed by atoms with van der Waals surface area (Å²) in [4.78, 5) is 4.75. The first-order valence-corrected chi connectivity index (χ1v) is 10.5. The fourth-order valence-corrected chi connectivity index (χ4v) is 3.57. The van der Waals surface area contributed by atoms with E-state index >= 15 is 0 Å². The molecule has 3 aromatic carbocycles. The van der Waals surface area contributed by atoms with Crippen LogP contribution in [0.3, 0.4) is 0 Å². The van der Waals surface area contributed by atoms with E-state index in [2.05, 4.69) is 85.8 Å². The van der Waals surface area contributed by atoms with Crippen LogP contribution in [0.1, 0.15) is 36.5 Å². The van der Waals surface area contributed by atoms with Crippen LogP contribution in [0, 0.1) is 0 Å². The molecule has 0 aromatic heterocycles. The number of ether oxygens (including phenoxy) is 1. The highest BCUT2D eigenvalue weighted by molar-refractivity contribution is 6.12. The normalized spacial score (nSPS) is 13.2. The number of rotatable bonds is 7. The van der Waals surface area contributed by atoms with E-state index in [1.165, 1.54) is 27.8 Å². The zero-order chi connectivity index (χ0) is 19.9. The van der Waals surface area contributed by atoms with E-state index in [0.717, 1.165) is 43.9 Å². The fourth-order valence-electron chi connectivity index (χ4n) is 3.57. The number of unbranched alkanes of at least 4 members (excludes halogenated alkanes) is 1. The third kappa shape index (κ3) is 4.83. The van der Waals surface area contributed by atoms with Gasteiger partial charge in [0.25, 0.3) is 0 Å². The van der Waals surface area contributed by atoms with Crippen molar-refractivity contribution in [2.24, 2.45) is 4.99 Å². The molecule has 0 N–H and O–H groups in total. The minimum atomic E-state index is 0.787. The predicted molar refractivity (Wildman–Crippen MR) is 123 cm³/mol. The van der Waals surface area contributed by atoms with Crippen LogP contribution in [-0.2, 0) is 6.42 Å². The average molecular weight is 382 g/mol. The Bertz CT molecular complexity index is 1000. The quantitative estimate of drug-likeness (QED) is 0.423. The summed E-state index contributed by atoms with van der Waals surface area (Å²) in [5.74, 6) is 0.971. The van der Waals surface area contributed by atoms with Crippen LogP contribution >= 0.6 is 0 Å². The second-order valence-corrected chi connectivity index (χ2v) is 7.36. The van der Waals surface area contributed by atoms with Crippen molar-refractivity contribution in [2.75, 3.05) is 13.2 Å². The lowest BCUT2D eigenvalue weighted by atomic mass is 9.96. The molecule has 0 unspecified atom stereocenters. The first kappa shape index (κ1) is 19.2. The molecule has 1 aliphatic rings. The number of hydrogen-bond donors (Lipinski definition) is 0. The molecule has 146 valence electrons. The Hall–Kier alpha value is -3.13. The van der Waals surface area contributed by atoms with Crippen LogP contribution in [0.25, 0.3) is 17.2 Å². The predicted octanol–water partition coefficient (Wildman–Crippen LogP) is 6.59. The molecular formula is C27H27NO. The van der Waals surface area contributed by atoms with Crippen molar-refractivity contribution in [3.63, 3.8) is 0 Å². The highest BCUT2D eigenvalue weighted by Gasteiger charge is 2.13. The van der Waals surface area contributed by atoms with Gasteiger partial charge in [-0.2, -0.15) is 0 Å². The van der Waals surface area contributed by atoms with Crippen molar-refractivity contribution in [3.8, 4) is 16.9 Å². The summed E-state index contributed by atoms with van der Waals surface area (Å²) < 4.78 is 5.87. The Morgan fingerprint density at radius 3 is 2.48 bits per heavy atom. The minimum absolute atomic E-state index is 0.787. The van der Waals surface area contributed by atoms with Gasteiger partial charge in [0.1, 0.15) is 5.75 Å². The molecule has 0 amide bonds. The van der Waals surface area contributed by atoms with E-state index in [1.54, 1.807) is 0 Å². The monoisotopic (exact) mass is 381 g/mol. The maximum Gasteiger partial charge on any atom is 0.119 e. The van der Waals surface area contributed by atoms with E-state index in [1.807, 2.05) is 6.07 Å². The van der Waals surface area contributed by atoms with Gasteiger partial charge in [0.15, 0.2) is 0 Å². The van der Waals surface area contributed by atoms with Crippen molar-refractivity contribution in [1.82, 2.24) is 0 Å². The molecule has 0 spiro atoms. The summed E-state index contributed by atoms with van der Waals surface area (Å²) in [7, 11) is 0. The van der Waals surface area contributed by atoms with E-state index in [9.17, 15) is 0 Å². The van der Waals surface area contributed by atoms with Gasteiger partial charge >= 0.3 is 0 Å². The van der Waals surface area contributed by atoms with Crippen molar-refractivity contribution in [2.45, 2.75) is 26.2 Å². The molecule has 1 aliphatic heterocycles. The minimum Gasteiger partial charge on any atom is -0.494 e. The van der Waals surface area contributed by atoms with Gasteiger partial charge in [-0.15, -0.1) is 0 Å². The first-order chi connectivity index (χ1) is 14.3. The van der Waals surface area contributed by atoms with Gasteiger partial charge in [-0.05, 0) is 59.4 Å². The average Bonchev–Trinajstić information content (AvgIpc) is 2.78. The van der Waals surface area contributed by atoms with Gasteiger partial charge in [-0.25, -0.2) is 0 Å². The highest BCUT2D eigenvalue weighted by atomic mass is 16.5. The summed E-state index contributed by atoms with van der Waals surface area (Å²) in [6.07, 6.45) is 7.50. The summed E-state index contributed by atoms with van der Waals surface area (Å²) in [5, 5.41) is 0. The molecule has 0 fully saturated rings. The number of hydrogen-bond acceptors (Lipinski definition) is 2. The first-order valence-electron chi connectivity index (χ1n) is 10.5. The van der Waals surface area contributed by atoms with E-state index in [0.29, 0.717) is 0 Å². The molecule has 1 heterocycles. The van der Waals surface area contributed by atoms with Gasteiger partial charge in [-0.3, -0.25) is 4.99 Å². The third-order valence-electron chi connectivity index (χ3n) is 5.23. The van der Waals surface area contributed by atoms with Crippen LogP contribution in [0.5, 0.6) is 5.75 Å². The molecule has 2 heteroatoms. The largest absolute Gasteiger partial charge is 0.494 e. The summed E-state index contributed by atoms with van der Waals surface area (Å²) >= 11 is 0. The third-order valence-corrected chi connectivity index (χ3v) is 5.23. The molecule has 4 rings (SSSR count). The Labute approximate surface area is 173 Å².